The minimum absolute atomic E-state index is 0.0350. The molecular formula is C19H13F4N5O. The highest BCUT2D eigenvalue weighted by Gasteiger charge is 2.30. The molecular weight excluding hydrogens is 390 g/mol. The summed E-state index contributed by atoms with van der Waals surface area (Å²) in [5, 5.41) is 7.68. The molecule has 0 saturated heterocycles. The van der Waals surface area contributed by atoms with Crippen LogP contribution in [-0.2, 0) is 19.3 Å². The zero-order valence-corrected chi connectivity index (χ0v) is 14.8. The molecule has 0 bridgehead atoms. The Kier molecular flexibility index (Phi) is 4.61. The standard InChI is InChI=1S/C19H13F4N5O/c20-15-7-2-1-5-13(15)10-28-17-16(25-26-28)18(29)27(11-24-17)9-12-4-3-6-14(8-12)19(21,22)23/h1-8,11H,9-10H2. The number of nitrogens with zero attached hydrogens (tertiary/aromatic N) is 5. The van der Waals surface area contributed by atoms with Crippen LogP contribution in [-0.4, -0.2) is 24.5 Å². The predicted molar refractivity (Wildman–Crippen MR) is 95.6 cm³/mol. The van der Waals surface area contributed by atoms with Crippen molar-refractivity contribution in [3.8, 4) is 0 Å². The topological polar surface area (TPSA) is 65.6 Å². The molecule has 4 rings (SSSR count). The van der Waals surface area contributed by atoms with Crippen molar-refractivity contribution in [1.82, 2.24) is 24.5 Å². The minimum Gasteiger partial charge on any atom is -0.293 e. The number of halogens is 4. The van der Waals surface area contributed by atoms with Gasteiger partial charge in [-0.2, -0.15) is 13.2 Å². The third kappa shape index (κ3) is 3.73. The Hall–Kier alpha value is -3.56. The van der Waals surface area contributed by atoms with E-state index < -0.39 is 23.1 Å². The Bertz CT molecular complexity index is 1250. The molecule has 0 aliphatic rings. The predicted octanol–water partition coefficient (Wildman–Crippen LogP) is 3.24. The summed E-state index contributed by atoms with van der Waals surface area (Å²) in [6, 6.07) is 10.8. The maximum absolute atomic E-state index is 13.9. The van der Waals surface area contributed by atoms with E-state index in [0.29, 0.717) is 11.1 Å². The van der Waals surface area contributed by atoms with Crippen LogP contribution in [0.2, 0.25) is 0 Å². The molecule has 0 fully saturated rings. The zero-order chi connectivity index (χ0) is 20.6. The van der Waals surface area contributed by atoms with Crippen LogP contribution in [0.15, 0.2) is 59.7 Å². The van der Waals surface area contributed by atoms with Gasteiger partial charge in [-0.3, -0.25) is 9.36 Å². The average molecular weight is 403 g/mol. The van der Waals surface area contributed by atoms with E-state index in [0.717, 1.165) is 16.7 Å². The second-order valence-electron chi connectivity index (χ2n) is 6.39. The van der Waals surface area contributed by atoms with E-state index in [-0.39, 0.29) is 24.3 Å². The molecule has 2 heterocycles. The van der Waals surface area contributed by atoms with E-state index in [1.807, 2.05) is 0 Å². The number of fused-ring (bicyclic) bond motifs is 1. The number of hydrogen-bond donors (Lipinski definition) is 0. The Morgan fingerprint density at radius 3 is 2.55 bits per heavy atom. The molecule has 0 aliphatic carbocycles. The second-order valence-corrected chi connectivity index (χ2v) is 6.39. The van der Waals surface area contributed by atoms with Gasteiger partial charge in [-0.15, -0.1) is 5.10 Å². The van der Waals surface area contributed by atoms with Crippen LogP contribution in [0.25, 0.3) is 11.2 Å². The van der Waals surface area contributed by atoms with Gasteiger partial charge in [-0.1, -0.05) is 35.5 Å². The molecule has 6 nitrogen and oxygen atoms in total. The molecule has 29 heavy (non-hydrogen) atoms. The van der Waals surface area contributed by atoms with Gasteiger partial charge < -0.3 is 0 Å². The van der Waals surface area contributed by atoms with Crippen LogP contribution in [0.4, 0.5) is 17.6 Å². The summed E-state index contributed by atoms with van der Waals surface area (Å²) in [4.78, 5) is 16.8. The first kappa shape index (κ1) is 18.8. The molecule has 0 amide bonds. The van der Waals surface area contributed by atoms with Gasteiger partial charge in [0.1, 0.15) is 12.1 Å². The van der Waals surface area contributed by atoms with Crippen LogP contribution >= 0.6 is 0 Å². The maximum Gasteiger partial charge on any atom is 0.416 e. The van der Waals surface area contributed by atoms with E-state index in [9.17, 15) is 22.4 Å². The molecule has 0 unspecified atom stereocenters. The van der Waals surface area contributed by atoms with Crippen molar-refractivity contribution < 1.29 is 17.6 Å². The molecule has 0 N–H and O–H groups in total. The Morgan fingerprint density at radius 2 is 1.79 bits per heavy atom. The Labute approximate surface area is 161 Å². The lowest BCUT2D eigenvalue weighted by atomic mass is 10.1. The highest BCUT2D eigenvalue weighted by molar-refractivity contribution is 5.67. The molecule has 0 atom stereocenters. The molecule has 0 saturated carbocycles. The van der Waals surface area contributed by atoms with Gasteiger partial charge in [-0.25, -0.2) is 14.1 Å². The molecule has 2 aromatic carbocycles. The summed E-state index contributed by atoms with van der Waals surface area (Å²) in [7, 11) is 0. The third-order valence-corrected chi connectivity index (χ3v) is 4.38. The molecule has 0 spiro atoms. The number of benzene rings is 2. The SMILES string of the molecule is O=c1c2nnn(Cc3ccccc3F)c2ncn1Cc1cccc(C(F)(F)F)c1. The fourth-order valence-electron chi connectivity index (χ4n) is 2.94. The smallest absolute Gasteiger partial charge is 0.293 e. The monoisotopic (exact) mass is 403 g/mol. The van der Waals surface area contributed by atoms with Crippen molar-refractivity contribution in [3.63, 3.8) is 0 Å². The van der Waals surface area contributed by atoms with Gasteiger partial charge in [0, 0.05) is 5.56 Å². The quantitative estimate of drug-likeness (QED) is 0.491. The summed E-state index contributed by atoms with van der Waals surface area (Å²) >= 11 is 0. The van der Waals surface area contributed by atoms with Gasteiger partial charge in [-0.05, 0) is 23.8 Å². The van der Waals surface area contributed by atoms with Crippen LogP contribution < -0.4 is 5.56 Å². The van der Waals surface area contributed by atoms with Gasteiger partial charge >= 0.3 is 6.18 Å². The van der Waals surface area contributed by atoms with Crippen LogP contribution in [0.3, 0.4) is 0 Å². The van der Waals surface area contributed by atoms with Crippen molar-refractivity contribution in [2.75, 3.05) is 0 Å². The highest BCUT2D eigenvalue weighted by Crippen LogP contribution is 2.29. The number of hydrogen-bond acceptors (Lipinski definition) is 4. The lowest BCUT2D eigenvalue weighted by Gasteiger charge is -2.10. The molecule has 2 aromatic heterocycles. The van der Waals surface area contributed by atoms with Gasteiger partial charge in [0.15, 0.2) is 11.2 Å². The van der Waals surface area contributed by atoms with E-state index in [2.05, 4.69) is 15.3 Å². The fraction of sp³-hybridized carbons (Fsp3) is 0.158. The second kappa shape index (κ2) is 7.12. The maximum atomic E-state index is 13.9. The van der Waals surface area contributed by atoms with E-state index in [1.165, 1.54) is 29.2 Å². The molecule has 148 valence electrons. The third-order valence-electron chi connectivity index (χ3n) is 4.38. The average Bonchev–Trinajstić information content (AvgIpc) is 3.09. The molecule has 4 aromatic rings. The number of rotatable bonds is 4. The largest absolute Gasteiger partial charge is 0.416 e. The van der Waals surface area contributed by atoms with Gasteiger partial charge in [0.2, 0.25) is 0 Å². The van der Waals surface area contributed by atoms with Gasteiger partial charge in [0.05, 0.1) is 18.7 Å². The normalized spacial score (nSPS) is 11.9. The summed E-state index contributed by atoms with van der Waals surface area (Å²) in [5.41, 5.74) is -0.578. The molecule has 10 heteroatoms. The van der Waals surface area contributed by atoms with Crippen molar-refractivity contribution in [2.24, 2.45) is 0 Å². The highest BCUT2D eigenvalue weighted by atomic mass is 19.4. The van der Waals surface area contributed by atoms with Crippen LogP contribution in [0, 0.1) is 5.82 Å². The van der Waals surface area contributed by atoms with Crippen LogP contribution in [0.1, 0.15) is 16.7 Å². The van der Waals surface area contributed by atoms with E-state index in [1.54, 1.807) is 18.2 Å². The summed E-state index contributed by atoms with van der Waals surface area (Å²) in [6.07, 6.45) is -3.26. The lowest BCUT2D eigenvalue weighted by Crippen LogP contribution is -2.22. The first-order valence-corrected chi connectivity index (χ1v) is 8.51. The van der Waals surface area contributed by atoms with Crippen molar-refractivity contribution in [2.45, 2.75) is 19.3 Å². The Balaban J connectivity index is 1.66. The number of alkyl halides is 3. The fourth-order valence-corrected chi connectivity index (χ4v) is 2.94. The minimum atomic E-state index is -4.47. The number of aromatic nitrogens is 5. The van der Waals surface area contributed by atoms with Crippen LogP contribution in [0.5, 0.6) is 0 Å². The van der Waals surface area contributed by atoms with Crippen molar-refractivity contribution in [1.29, 1.82) is 0 Å². The van der Waals surface area contributed by atoms with Crippen molar-refractivity contribution >= 4 is 11.2 Å². The first-order valence-electron chi connectivity index (χ1n) is 8.51. The Morgan fingerprint density at radius 1 is 1.00 bits per heavy atom. The van der Waals surface area contributed by atoms with Gasteiger partial charge in [0.25, 0.3) is 5.56 Å². The lowest BCUT2D eigenvalue weighted by molar-refractivity contribution is -0.137. The summed E-state index contributed by atoms with van der Waals surface area (Å²) in [6.45, 7) is -0.0703. The molecule has 0 radical (unpaired) electrons. The first-order chi connectivity index (χ1) is 13.8. The molecule has 0 aliphatic heterocycles. The summed E-state index contributed by atoms with van der Waals surface area (Å²) in [5.74, 6) is -0.422. The summed E-state index contributed by atoms with van der Waals surface area (Å²) < 4.78 is 54.9. The van der Waals surface area contributed by atoms with Crippen molar-refractivity contribution in [3.05, 3.63) is 87.7 Å². The zero-order valence-electron chi connectivity index (χ0n) is 14.8. The van der Waals surface area contributed by atoms with E-state index in [4.69, 9.17) is 0 Å². The van der Waals surface area contributed by atoms with E-state index >= 15 is 0 Å².